The van der Waals surface area contributed by atoms with E-state index in [4.69, 9.17) is 0 Å². The Morgan fingerprint density at radius 3 is 2.15 bits per heavy atom. The van der Waals surface area contributed by atoms with Crippen LogP contribution in [0.25, 0.3) is 0 Å². The molecular weight excluding hydrogens is 254 g/mol. The minimum atomic E-state index is -1.03. The summed E-state index contributed by atoms with van der Waals surface area (Å²) in [6.45, 7) is 6.37. The largest absolute Gasteiger partial charge is 0.480 e. The maximum absolute atomic E-state index is 12.5. The van der Waals surface area contributed by atoms with E-state index in [0.717, 1.165) is 32.1 Å². The predicted octanol–water partition coefficient (Wildman–Crippen LogP) is 2.96. The lowest BCUT2D eigenvalue weighted by Crippen LogP contribution is -2.58. The van der Waals surface area contributed by atoms with Crippen molar-refractivity contribution < 1.29 is 14.7 Å². The van der Waals surface area contributed by atoms with E-state index in [0.29, 0.717) is 18.8 Å². The maximum Gasteiger partial charge on any atom is 0.329 e. The van der Waals surface area contributed by atoms with Gasteiger partial charge in [-0.25, -0.2) is 4.79 Å². The highest BCUT2D eigenvalue weighted by atomic mass is 16.4. The standard InChI is InChI=1S/C16H27NO3/c1-11-6-9-16(10-7-11,14(19)20)17-13(18)12-5-4-8-15(12,2)3/h11-12H,4-10H2,1-3H3,(H,17,18)(H,19,20). The second-order valence-electron chi connectivity index (χ2n) is 7.49. The van der Waals surface area contributed by atoms with Crippen molar-refractivity contribution >= 4 is 11.9 Å². The van der Waals surface area contributed by atoms with Crippen LogP contribution >= 0.6 is 0 Å². The number of rotatable bonds is 3. The SMILES string of the molecule is CC1CCC(NC(=O)C2CCCC2(C)C)(C(=O)O)CC1. The molecule has 2 aliphatic rings. The smallest absolute Gasteiger partial charge is 0.329 e. The fourth-order valence-corrected chi connectivity index (χ4v) is 3.78. The molecule has 0 aromatic heterocycles. The molecule has 1 unspecified atom stereocenters. The first-order chi connectivity index (χ1) is 9.27. The van der Waals surface area contributed by atoms with Gasteiger partial charge in [-0.1, -0.05) is 27.2 Å². The summed E-state index contributed by atoms with van der Waals surface area (Å²) in [5.74, 6) is -0.404. The van der Waals surface area contributed by atoms with Crippen LogP contribution in [0.2, 0.25) is 0 Å². The van der Waals surface area contributed by atoms with Gasteiger partial charge in [0.15, 0.2) is 0 Å². The minimum Gasteiger partial charge on any atom is -0.480 e. The van der Waals surface area contributed by atoms with Crippen LogP contribution in [0, 0.1) is 17.3 Å². The van der Waals surface area contributed by atoms with Gasteiger partial charge >= 0.3 is 5.97 Å². The summed E-state index contributed by atoms with van der Waals surface area (Å²) >= 11 is 0. The third kappa shape index (κ3) is 2.84. The third-order valence-corrected chi connectivity index (χ3v) is 5.47. The topological polar surface area (TPSA) is 66.4 Å². The van der Waals surface area contributed by atoms with Gasteiger partial charge < -0.3 is 10.4 Å². The zero-order chi connectivity index (χ0) is 15.0. The highest BCUT2D eigenvalue weighted by molar-refractivity contribution is 5.88. The van der Waals surface area contributed by atoms with Gasteiger partial charge in [0.2, 0.25) is 5.91 Å². The molecule has 0 radical (unpaired) electrons. The monoisotopic (exact) mass is 281 g/mol. The van der Waals surface area contributed by atoms with Crippen LogP contribution in [-0.2, 0) is 9.59 Å². The summed E-state index contributed by atoms with van der Waals surface area (Å²) in [7, 11) is 0. The van der Waals surface area contributed by atoms with Crippen LogP contribution in [0.5, 0.6) is 0 Å². The van der Waals surface area contributed by atoms with Gasteiger partial charge in [0, 0.05) is 5.92 Å². The Morgan fingerprint density at radius 1 is 1.10 bits per heavy atom. The molecule has 20 heavy (non-hydrogen) atoms. The third-order valence-electron chi connectivity index (χ3n) is 5.47. The van der Waals surface area contributed by atoms with Crippen molar-refractivity contribution in [3.05, 3.63) is 0 Å². The number of amides is 1. The lowest BCUT2D eigenvalue weighted by Gasteiger charge is -2.38. The van der Waals surface area contributed by atoms with E-state index in [1.54, 1.807) is 0 Å². The van der Waals surface area contributed by atoms with E-state index in [1.807, 2.05) is 0 Å². The van der Waals surface area contributed by atoms with Crippen LogP contribution in [0.1, 0.15) is 65.7 Å². The molecule has 0 saturated heterocycles. The van der Waals surface area contributed by atoms with Gasteiger partial charge in [-0.3, -0.25) is 4.79 Å². The summed E-state index contributed by atoms with van der Waals surface area (Å²) in [6, 6.07) is 0. The van der Waals surface area contributed by atoms with E-state index in [1.165, 1.54) is 0 Å². The Hall–Kier alpha value is -1.06. The molecule has 0 spiro atoms. The number of carbonyl (C=O) groups is 2. The molecule has 2 saturated carbocycles. The second kappa shape index (κ2) is 5.38. The Morgan fingerprint density at radius 2 is 1.70 bits per heavy atom. The molecule has 1 amide bonds. The van der Waals surface area contributed by atoms with E-state index in [9.17, 15) is 14.7 Å². The first-order valence-electron chi connectivity index (χ1n) is 7.82. The second-order valence-corrected chi connectivity index (χ2v) is 7.49. The van der Waals surface area contributed by atoms with Gasteiger partial charge in [0.25, 0.3) is 0 Å². The highest BCUT2D eigenvalue weighted by Crippen LogP contribution is 2.43. The Kier molecular flexibility index (Phi) is 4.12. The Labute approximate surface area is 121 Å². The van der Waals surface area contributed by atoms with E-state index in [-0.39, 0.29) is 17.2 Å². The first kappa shape index (κ1) is 15.3. The molecule has 2 fully saturated rings. The first-order valence-corrected chi connectivity index (χ1v) is 7.82. The molecule has 0 aromatic rings. The number of carbonyl (C=O) groups excluding carboxylic acids is 1. The van der Waals surface area contributed by atoms with Crippen LogP contribution in [-0.4, -0.2) is 22.5 Å². The average Bonchev–Trinajstić information content (AvgIpc) is 2.72. The molecule has 0 heterocycles. The zero-order valence-electron chi connectivity index (χ0n) is 12.9. The summed E-state index contributed by atoms with van der Waals surface area (Å²) in [5.41, 5.74) is -1.03. The van der Waals surface area contributed by atoms with Crippen molar-refractivity contribution in [3.63, 3.8) is 0 Å². The molecule has 2 N–H and O–H groups in total. The number of nitrogens with one attached hydrogen (secondary N) is 1. The fourth-order valence-electron chi connectivity index (χ4n) is 3.78. The number of aliphatic carboxylic acids is 1. The number of carboxylic acid groups (broad SMARTS) is 1. The van der Waals surface area contributed by atoms with Crippen molar-refractivity contribution in [3.8, 4) is 0 Å². The highest BCUT2D eigenvalue weighted by Gasteiger charge is 2.46. The van der Waals surface area contributed by atoms with Crippen molar-refractivity contribution in [2.45, 2.75) is 71.3 Å². The quantitative estimate of drug-likeness (QED) is 0.835. The average molecular weight is 281 g/mol. The molecule has 1 atom stereocenters. The predicted molar refractivity (Wildman–Crippen MR) is 77.3 cm³/mol. The van der Waals surface area contributed by atoms with E-state index in [2.05, 4.69) is 26.1 Å². The summed E-state index contributed by atoms with van der Waals surface area (Å²) in [4.78, 5) is 24.2. The molecule has 0 aromatic carbocycles. The van der Waals surface area contributed by atoms with Gasteiger partial charge in [-0.05, 0) is 49.9 Å². The van der Waals surface area contributed by atoms with Crippen molar-refractivity contribution in [2.75, 3.05) is 0 Å². The molecule has 114 valence electrons. The van der Waals surface area contributed by atoms with Crippen molar-refractivity contribution in [1.29, 1.82) is 0 Å². The molecule has 2 aliphatic carbocycles. The minimum absolute atomic E-state index is 0.00820. The summed E-state index contributed by atoms with van der Waals surface area (Å²) < 4.78 is 0. The number of hydrogen-bond donors (Lipinski definition) is 2. The van der Waals surface area contributed by atoms with E-state index < -0.39 is 11.5 Å². The normalized spacial score (nSPS) is 36.5. The number of hydrogen-bond acceptors (Lipinski definition) is 2. The van der Waals surface area contributed by atoms with Crippen LogP contribution in [0.15, 0.2) is 0 Å². The summed E-state index contributed by atoms with van der Waals surface area (Å²) in [5, 5.41) is 12.5. The van der Waals surface area contributed by atoms with Gasteiger partial charge in [0.1, 0.15) is 5.54 Å². The van der Waals surface area contributed by atoms with E-state index >= 15 is 0 Å². The molecular formula is C16H27NO3. The lowest BCUT2D eigenvalue weighted by molar-refractivity contribution is -0.151. The van der Waals surface area contributed by atoms with Crippen molar-refractivity contribution in [1.82, 2.24) is 5.32 Å². The summed E-state index contributed by atoms with van der Waals surface area (Å²) in [6.07, 6.45) is 5.85. The Bertz CT molecular complexity index is 395. The van der Waals surface area contributed by atoms with Crippen LogP contribution < -0.4 is 5.32 Å². The maximum atomic E-state index is 12.5. The zero-order valence-corrected chi connectivity index (χ0v) is 12.9. The Balaban J connectivity index is 2.09. The molecule has 0 aliphatic heterocycles. The van der Waals surface area contributed by atoms with Gasteiger partial charge in [-0.15, -0.1) is 0 Å². The van der Waals surface area contributed by atoms with Gasteiger partial charge in [0.05, 0.1) is 0 Å². The number of carboxylic acids is 1. The van der Waals surface area contributed by atoms with Crippen LogP contribution in [0.4, 0.5) is 0 Å². The molecule has 2 rings (SSSR count). The van der Waals surface area contributed by atoms with Gasteiger partial charge in [-0.2, -0.15) is 0 Å². The van der Waals surface area contributed by atoms with Crippen LogP contribution in [0.3, 0.4) is 0 Å². The molecule has 4 heteroatoms. The fraction of sp³-hybridized carbons (Fsp3) is 0.875. The molecule has 4 nitrogen and oxygen atoms in total. The lowest BCUT2D eigenvalue weighted by atomic mass is 9.75. The van der Waals surface area contributed by atoms with Crippen molar-refractivity contribution in [2.24, 2.45) is 17.3 Å². The molecule has 0 bridgehead atoms.